The molecule has 0 aromatic carbocycles. The molecule has 7 heteroatoms. The summed E-state index contributed by atoms with van der Waals surface area (Å²) >= 11 is 1.80. The van der Waals surface area contributed by atoms with E-state index in [9.17, 15) is 4.79 Å². The smallest absolute Gasteiger partial charge is 0.237 e. The number of rotatable bonds is 4. The number of carbonyl (C=O) groups excluding carboxylic acids is 1. The molecular weight excluding hydrogens is 324 g/mol. The van der Waals surface area contributed by atoms with Gasteiger partial charge in [0, 0.05) is 43.4 Å². The summed E-state index contributed by atoms with van der Waals surface area (Å²) in [5.41, 5.74) is 1.32. The predicted molar refractivity (Wildman–Crippen MR) is 91.8 cm³/mol. The molecule has 0 aliphatic carbocycles. The van der Waals surface area contributed by atoms with Crippen LogP contribution in [0.5, 0.6) is 0 Å². The van der Waals surface area contributed by atoms with Gasteiger partial charge in [0.05, 0.1) is 25.8 Å². The number of morpholine rings is 1. The number of hydrogen-bond acceptors (Lipinski definition) is 5. The molecule has 6 nitrogen and oxygen atoms in total. The van der Waals surface area contributed by atoms with Crippen molar-refractivity contribution in [2.45, 2.75) is 25.6 Å². The van der Waals surface area contributed by atoms with Crippen LogP contribution in [0.1, 0.15) is 10.4 Å². The molecule has 24 heavy (non-hydrogen) atoms. The van der Waals surface area contributed by atoms with Crippen molar-refractivity contribution in [3.63, 3.8) is 0 Å². The zero-order valence-corrected chi connectivity index (χ0v) is 14.5. The van der Waals surface area contributed by atoms with Crippen LogP contribution >= 0.6 is 11.3 Å². The van der Waals surface area contributed by atoms with Crippen molar-refractivity contribution in [3.8, 4) is 0 Å². The van der Waals surface area contributed by atoms with Crippen LogP contribution in [-0.2, 0) is 29.0 Å². The fourth-order valence-corrected chi connectivity index (χ4v) is 4.29. The molecular formula is C17H22N4O2S. The molecule has 1 fully saturated rings. The Morgan fingerprint density at radius 1 is 1.42 bits per heavy atom. The molecule has 4 heterocycles. The first-order chi connectivity index (χ1) is 11.8. The lowest BCUT2D eigenvalue weighted by atomic mass is 10.1. The van der Waals surface area contributed by atoms with Crippen molar-refractivity contribution in [1.29, 1.82) is 0 Å². The Kier molecular flexibility index (Phi) is 4.64. The molecule has 0 saturated carbocycles. The van der Waals surface area contributed by atoms with Crippen molar-refractivity contribution < 1.29 is 9.53 Å². The third kappa shape index (κ3) is 3.53. The van der Waals surface area contributed by atoms with Gasteiger partial charge in [-0.05, 0) is 29.5 Å². The van der Waals surface area contributed by atoms with Gasteiger partial charge in [-0.2, -0.15) is 5.10 Å². The largest absolute Gasteiger partial charge is 0.374 e. The first-order valence-electron chi connectivity index (χ1n) is 8.42. The van der Waals surface area contributed by atoms with Crippen LogP contribution in [0.25, 0.3) is 0 Å². The van der Waals surface area contributed by atoms with Gasteiger partial charge < -0.3 is 9.64 Å². The molecule has 0 unspecified atom stereocenters. The highest BCUT2D eigenvalue weighted by Crippen LogP contribution is 2.24. The van der Waals surface area contributed by atoms with Gasteiger partial charge in [0.1, 0.15) is 0 Å². The molecule has 0 radical (unpaired) electrons. The van der Waals surface area contributed by atoms with Gasteiger partial charge in [-0.3, -0.25) is 14.4 Å². The zero-order valence-electron chi connectivity index (χ0n) is 13.6. The summed E-state index contributed by atoms with van der Waals surface area (Å²) in [6, 6.07) is 4.06. The highest BCUT2D eigenvalue weighted by atomic mass is 32.1. The number of amides is 1. The van der Waals surface area contributed by atoms with E-state index in [0.717, 1.165) is 39.1 Å². The molecule has 4 rings (SSSR count). The van der Waals surface area contributed by atoms with E-state index in [1.165, 1.54) is 10.4 Å². The molecule has 0 spiro atoms. The van der Waals surface area contributed by atoms with Crippen LogP contribution < -0.4 is 0 Å². The highest BCUT2D eigenvalue weighted by Gasteiger charge is 2.26. The average molecular weight is 346 g/mol. The Hall–Kier alpha value is -1.70. The second-order valence-electron chi connectivity index (χ2n) is 6.39. The zero-order chi connectivity index (χ0) is 16.4. The SMILES string of the molecule is O=C(CN1CCO[C@@H](Cn2cccn2)C1)N1CCc2sccc2C1. The number of hydrogen-bond donors (Lipinski definition) is 0. The molecule has 0 bridgehead atoms. The van der Waals surface area contributed by atoms with Crippen LogP contribution in [0.3, 0.4) is 0 Å². The fraction of sp³-hybridized carbons (Fsp3) is 0.529. The number of thiophene rings is 1. The van der Waals surface area contributed by atoms with Crippen molar-refractivity contribution in [3.05, 3.63) is 40.3 Å². The Labute approximate surface area is 145 Å². The van der Waals surface area contributed by atoms with Crippen molar-refractivity contribution in [2.24, 2.45) is 0 Å². The molecule has 2 aromatic heterocycles. The molecule has 1 atom stereocenters. The number of ether oxygens (including phenoxy) is 1. The van der Waals surface area contributed by atoms with Gasteiger partial charge in [0.25, 0.3) is 0 Å². The minimum Gasteiger partial charge on any atom is -0.374 e. The Morgan fingerprint density at radius 3 is 3.25 bits per heavy atom. The van der Waals surface area contributed by atoms with Crippen LogP contribution in [0.4, 0.5) is 0 Å². The van der Waals surface area contributed by atoms with Crippen LogP contribution in [0.2, 0.25) is 0 Å². The van der Waals surface area contributed by atoms with Gasteiger partial charge in [-0.25, -0.2) is 0 Å². The fourth-order valence-electron chi connectivity index (χ4n) is 3.40. The van der Waals surface area contributed by atoms with E-state index >= 15 is 0 Å². The second-order valence-corrected chi connectivity index (χ2v) is 7.39. The maximum atomic E-state index is 12.7. The lowest BCUT2D eigenvalue weighted by molar-refractivity contribution is -0.135. The standard InChI is InChI=1S/C17H22N4O2S/c22-17(20-6-2-16-14(10-20)3-9-24-16)13-19-7-8-23-15(11-19)12-21-5-1-4-18-21/h1,3-5,9,15H,2,6-8,10-13H2/t15-/m1/s1. The van der Waals surface area contributed by atoms with E-state index in [0.29, 0.717) is 13.2 Å². The molecule has 2 aliphatic heterocycles. The Morgan fingerprint density at radius 2 is 2.38 bits per heavy atom. The summed E-state index contributed by atoms with van der Waals surface area (Å²) in [4.78, 5) is 18.3. The maximum Gasteiger partial charge on any atom is 0.237 e. The lowest BCUT2D eigenvalue weighted by Gasteiger charge is -2.34. The van der Waals surface area contributed by atoms with Gasteiger partial charge >= 0.3 is 0 Å². The van der Waals surface area contributed by atoms with Crippen LogP contribution in [0, 0.1) is 0 Å². The Bertz CT molecular complexity index is 685. The maximum absolute atomic E-state index is 12.7. The molecule has 1 amide bonds. The number of aromatic nitrogens is 2. The van der Waals surface area contributed by atoms with Gasteiger partial charge in [-0.1, -0.05) is 0 Å². The molecule has 0 N–H and O–H groups in total. The number of carbonyl (C=O) groups is 1. The normalized spacial score (nSPS) is 21.7. The lowest BCUT2D eigenvalue weighted by Crippen LogP contribution is -2.49. The summed E-state index contributed by atoms with van der Waals surface area (Å²) < 4.78 is 7.71. The summed E-state index contributed by atoms with van der Waals surface area (Å²) in [6.45, 7) is 5.10. The van der Waals surface area contributed by atoms with Gasteiger partial charge in [0.15, 0.2) is 0 Å². The first-order valence-corrected chi connectivity index (χ1v) is 9.30. The van der Waals surface area contributed by atoms with E-state index in [-0.39, 0.29) is 12.0 Å². The van der Waals surface area contributed by atoms with E-state index in [1.807, 2.05) is 21.8 Å². The Balaban J connectivity index is 1.31. The van der Waals surface area contributed by atoms with E-state index in [2.05, 4.69) is 21.4 Å². The first kappa shape index (κ1) is 15.8. The average Bonchev–Trinajstić information content (AvgIpc) is 3.25. The van der Waals surface area contributed by atoms with Crippen LogP contribution in [0.15, 0.2) is 29.9 Å². The second kappa shape index (κ2) is 7.04. The highest BCUT2D eigenvalue weighted by molar-refractivity contribution is 7.10. The van der Waals surface area contributed by atoms with Gasteiger partial charge in [0.2, 0.25) is 5.91 Å². The van der Waals surface area contributed by atoms with Crippen molar-refractivity contribution in [2.75, 3.05) is 32.8 Å². The molecule has 1 saturated heterocycles. The van der Waals surface area contributed by atoms with E-state index in [4.69, 9.17) is 4.74 Å². The van der Waals surface area contributed by atoms with Crippen molar-refractivity contribution in [1.82, 2.24) is 19.6 Å². The molecule has 128 valence electrons. The summed E-state index contributed by atoms with van der Waals surface area (Å²) in [5, 5.41) is 6.36. The number of fused-ring (bicyclic) bond motifs is 1. The number of nitrogens with zero attached hydrogens (tertiary/aromatic N) is 4. The summed E-state index contributed by atoms with van der Waals surface area (Å²) in [6.07, 6.45) is 4.80. The minimum atomic E-state index is 0.0938. The quantitative estimate of drug-likeness (QED) is 0.836. The minimum absolute atomic E-state index is 0.0938. The van der Waals surface area contributed by atoms with Gasteiger partial charge in [-0.15, -0.1) is 11.3 Å². The molecule has 2 aliphatic rings. The van der Waals surface area contributed by atoms with E-state index in [1.54, 1.807) is 17.5 Å². The third-order valence-electron chi connectivity index (χ3n) is 4.69. The monoisotopic (exact) mass is 346 g/mol. The summed E-state index contributed by atoms with van der Waals surface area (Å²) in [7, 11) is 0. The summed E-state index contributed by atoms with van der Waals surface area (Å²) in [5.74, 6) is 0.228. The molecule has 2 aromatic rings. The topological polar surface area (TPSA) is 50.6 Å². The van der Waals surface area contributed by atoms with E-state index < -0.39 is 0 Å². The van der Waals surface area contributed by atoms with Crippen molar-refractivity contribution >= 4 is 17.2 Å². The van der Waals surface area contributed by atoms with Crippen LogP contribution in [-0.4, -0.2) is 64.4 Å². The third-order valence-corrected chi connectivity index (χ3v) is 5.72. The predicted octanol–water partition coefficient (Wildman–Crippen LogP) is 1.23.